The van der Waals surface area contributed by atoms with Crippen molar-refractivity contribution in [2.24, 2.45) is 0 Å². The van der Waals surface area contributed by atoms with Gasteiger partial charge >= 0.3 is 0 Å². The fourth-order valence-electron chi connectivity index (χ4n) is 0.856. The maximum atomic E-state index is 10.6. The predicted octanol–water partition coefficient (Wildman–Crippen LogP) is -0.0586. The largest absolute Gasteiger partial charge is 0.331 e. The second-order valence-corrected chi connectivity index (χ2v) is 2.40. The van der Waals surface area contributed by atoms with Gasteiger partial charge in [-0.15, -0.1) is 0 Å². The quantitative estimate of drug-likeness (QED) is 0.469. The molecule has 1 rings (SSSR count). The summed E-state index contributed by atoms with van der Waals surface area (Å²) < 4.78 is 0. The summed E-state index contributed by atoms with van der Waals surface area (Å²) in [5, 5.41) is 3.03. The number of carbonyl (C=O) groups excluding carboxylic acids is 1. The third-order valence-electron chi connectivity index (χ3n) is 1.39. The smallest absolute Gasteiger partial charge is 0.278 e. The average molecular weight is 146 g/mol. The number of amides is 1. The Bertz CT molecular complexity index is 112. The van der Waals surface area contributed by atoms with Crippen molar-refractivity contribution in [3.05, 3.63) is 0 Å². The Morgan fingerprint density at radius 1 is 1.44 bits per heavy atom. The number of carbonyl (C=O) groups is 1. The number of hydrogen-bond donors (Lipinski definition) is 2. The van der Waals surface area contributed by atoms with Gasteiger partial charge in [0.25, 0.3) is 5.24 Å². The molecule has 52 valence electrons. The van der Waals surface area contributed by atoms with E-state index in [1.165, 1.54) is 0 Å². The number of thiol groups is 1. The lowest BCUT2D eigenvalue weighted by Gasteiger charge is -2.25. The molecule has 3 nitrogen and oxygen atoms in total. The molecule has 0 bridgehead atoms. The molecule has 9 heavy (non-hydrogen) atoms. The van der Waals surface area contributed by atoms with Gasteiger partial charge in [-0.2, -0.15) is 0 Å². The van der Waals surface area contributed by atoms with E-state index < -0.39 is 0 Å². The van der Waals surface area contributed by atoms with Gasteiger partial charge in [0, 0.05) is 26.2 Å². The summed E-state index contributed by atoms with van der Waals surface area (Å²) >= 11 is 3.70. The summed E-state index contributed by atoms with van der Waals surface area (Å²) in [6.45, 7) is 3.38. The second kappa shape index (κ2) is 3.08. The lowest BCUT2D eigenvalue weighted by atomic mass is 10.4. The predicted molar refractivity (Wildman–Crippen MR) is 38.8 cm³/mol. The Morgan fingerprint density at radius 2 is 2.00 bits per heavy atom. The third-order valence-corrected chi connectivity index (χ3v) is 1.67. The monoisotopic (exact) mass is 146 g/mol. The molecule has 0 spiro atoms. The third kappa shape index (κ3) is 1.87. The Hall–Kier alpha value is -0.220. The zero-order chi connectivity index (χ0) is 6.69. The molecule has 1 heterocycles. The molecule has 1 aliphatic rings. The fraction of sp³-hybridized carbons (Fsp3) is 0.800. The van der Waals surface area contributed by atoms with Crippen molar-refractivity contribution in [3.8, 4) is 0 Å². The highest BCUT2D eigenvalue weighted by Gasteiger charge is 2.11. The maximum absolute atomic E-state index is 10.6. The van der Waals surface area contributed by atoms with Crippen molar-refractivity contribution in [3.63, 3.8) is 0 Å². The summed E-state index contributed by atoms with van der Waals surface area (Å²) in [4.78, 5) is 12.3. The highest BCUT2D eigenvalue weighted by molar-refractivity contribution is 7.96. The second-order valence-electron chi connectivity index (χ2n) is 2.02. The molecular weight excluding hydrogens is 136 g/mol. The van der Waals surface area contributed by atoms with Gasteiger partial charge in [0.15, 0.2) is 0 Å². The molecule has 1 N–H and O–H groups in total. The van der Waals surface area contributed by atoms with E-state index in [1.54, 1.807) is 4.90 Å². The Kier molecular flexibility index (Phi) is 2.36. The standard InChI is InChI=1S/C5H10N2OS/c8-5(9)7-3-1-6-2-4-7/h6H,1-4H2,(H,8,9). The van der Waals surface area contributed by atoms with Gasteiger partial charge in [0.1, 0.15) is 0 Å². The first-order chi connectivity index (χ1) is 4.30. The Labute approximate surface area is 59.8 Å². The van der Waals surface area contributed by atoms with Crippen molar-refractivity contribution in [1.82, 2.24) is 10.2 Å². The van der Waals surface area contributed by atoms with Crippen LogP contribution in [0, 0.1) is 0 Å². The summed E-state index contributed by atoms with van der Waals surface area (Å²) in [6.07, 6.45) is 0. The van der Waals surface area contributed by atoms with Crippen LogP contribution < -0.4 is 5.32 Å². The molecule has 0 unspecified atom stereocenters. The molecule has 0 aliphatic carbocycles. The Balaban J connectivity index is 2.31. The van der Waals surface area contributed by atoms with Crippen molar-refractivity contribution in [2.45, 2.75) is 0 Å². The number of nitrogens with zero attached hydrogens (tertiary/aromatic N) is 1. The SMILES string of the molecule is O=C(S)N1CCNCC1. The molecule has 1 saturated heterocycles. The van der Waals surface area contributed by atoms with Gasteiger partial charge < -0.3 is 10.2 Å². The number of nitrogens with one attached hydrogen (secondary N) is 1. The van der Waals surface area contributed by atoms with Crippen LogP contribution in [0.4, 0.5) is 4.79 Å². The zero-order valence-corrected chi connectivity index (χ0v) is 6.03. The minimum atomic E-state index is -0.114. The maximum Gasteiger partial charge on any atom is 0.278 e. The molecule has 0 aromatic rings. The Morgan fingerprint density at radius 3 is 2.33 bits per heavy atom. The lowest BCUT2D eigenvalue weighted by molar-refractivity contribution is 0.215. The highest BCUT2D eigenvalue weighted by atomic mass is 32.1. The minimum Gasteiger partial charge on any atom is -0.331 e. The van der Waals surface area contributed by atoms with Crippen LogP contribution in [0.5, 0.6) is 0 Å². The van der Waals surface area contributed by atoms with E-state index in [1.807, 2.05) is 0 Å². The fourth-order valence-corrected chi connectivity index (χ4v) is 1.06. The lowest BCUT2D eigenvalue weighted by Crippen LogP contribution is -2.44. The van der Waals surface area contributed by atoms with Gasteiger partial charge in [-0.25, -0.2) is 0 Å². The topological polar surface area (TPSA) is 32.3 Å². The molecule has 0 atom stereocenters. The van der Waals surface area contributed by atoms with Crippen LogP contribution >= 0.6 is 12.6 Å². The van der Waals surface area contributed by atoms with Crippen molar-refractivity contribution in [2.75, 3.05) is 26.2 Å². The normalized spacial score (nSPS) is 19.9. The molecule has 0 saturated carbocycles. The summed E-state index contributed by atoms with van der Waals surface area (Å²) in [7, 11) is 0. The van der Waals surface area contributed by atoms with Gasteiger partial charge in [0.05, 0.1) is 0 Å². The summed E-state index contributed by atoms with van der Waals surface area (Å²) in [5.74, 6) is 0. The van der Waals surface area contributed by atoms with E-state index in [2.05, 4.69) is 17.9 Å². The van der Waals surface area contributed by atoms with Crippen LogP contribution in [0.3, 0.4) is 0 Å². The van der Waals surface area contributed by atoms with Crippen LogP contribution in [0.15, 0.2) is 0 Å². The molecule has 1 fully saturated rings. The average Bonchev–Trinajstić information content (AvgIpc) is 1.90. The van der Waals surface area contributed by atoms with Crippen LogP contribution in [0.25, 0.3) is 0 Å². The van der Waals surface area contributed by atoms with Crippen LogP contribution in [-0.2, 0) is 0 Å². The number of rotatable bonds is 0. The van der Waals surface area contributed by atoms with Crippen molar-refractivity contribution in [1.29, 1.82) is 0 Å². The summed E-state index contributed by atoms with van der Waals surface area (Å²) in [5.41, 5.74) is 0. The van der Waals surface area contributed by atoms with Gasteiger partial charge in [-0.1, -0.05) is 12.6 Å². The van der Waals surface area contributed by atoms with Crippen LogP contribution in [0.1, 0.15) is 0 Å². The van der Waals surface area contributed by atoms with Gasteiger partial charge in [-0.05, 0) is 0 Å². The minimum absolute atomic E-state index is 0.114. The van der Waals surface area contributed by atoms with Gasteiger partial charge in [0.2, 0.25) is 0 Å². The van der Waals surface area contributed by atoms with E-state index in [0.717, 1.165) is 26.2 Å². The molecule has 0 aromatic carbocycles. The van der Waals surface area contributed by atoms with E-state index in [0.29, 0.717) is 0 Å². The highest BCUT2D eigenvalue weighted by Crippen LogP contribution is 1.96. The van der Waals surface area contributed by atoms with Gasteiger partial charge in [-0.3, -0.25) is 4.79 Å². The van der Waals surface area contributed by atoms with Crippen molar-refractivity contribution < 1.29 is 4.79 Å². The molecule has 1 aliphatic heterocycles. The first kappa shape index (κ1) is 6.89. The van der Waals surface area contributed by atoms with Crippen LogP contribution in [0.2, 0.25) is 0 Å². The molecule has 4 heteroatoms. The number of hydrogen-bond acceptors (Lipinski definition) is 2. The summed E-state index contributed by atoms with van der Waals surface area (Å²) in [6, 6.07) is 0. The molecular formula is C5H10N2OS. The number of piperazine rings is 1. The van der Waals surface area contributed by atoms with E-state index in [9.17, 15) is 4.79 Å². The molecule has 1 amide bonds. The van der Waals surface area contributed by atoms with Crippen LogP contribution in [-0.4, -0.2) is 36.3 Å². The van der Waals surface area contributed by atoms with E-state index >= 15 is 0 Å². The zero-order valence-electron chi connectivity index (χ0n) is 5.13. The molecule has 0 aromatic heterocycles. The van der Waals surface area contributed by atoms with E-state index in [-0.39, 0.29) is 5.24 Å². The van der Waals surface area contributed by atoms with Crippen molar-refractivity contribution >= 4 is 17.9 Å². The molecule has 0 radical (unpaired) electrons. The first-order valence-electron chi connectivity index (χ1n) is 2.99. The van der Waals surface area contributed by atoms with E-state index in [4.69, 9.17) is 0 Å². The first-order valence-corrected chi connectivity index (χ1v) is 3.44.